The van der Waals surface area contributed by atoms with Crippen LogP contribution in [0, 0.1) is 6.92 Å². The lowest BCUT2D eigenvalue weighted by Crippen LogP contribution is -2.16. The van der Waals surface area contributed by atoms with Crippen molar-refractivity contribution in [1.82, 2.24) is 9.97 Å². The first-order chi connectivity index (χ1) is 12.7. The summed E-state index contributed by atoms with van der Waals surface area (Å²) in [6.07, 6.45) is 1.02. The zero-order chi connectivity index (χ0) is 18.4. The maximum absolute atomic E-state index is 4.70. The lowest BCUT2D eigenvalue weighted by Gasteiger charge is -2.15. The van der Waals surface area contributed by atoms with Crippen LogP contribution in [-0.2, 0) is 6.54 Å². The first-order valence-corrected chi connectivity index (χ1v) is 9.15. The second-order valence-corrected chi connectivity index (χ2v) is 6.56. The fourth-order valence-corrected chi connectivity index (χ4v) is 2.68. The van der Waals surface area contributed by atoms with Crippen molar-refractivity contribution in [3.8, 4) is 11.3 Å². The number of hydrogen-bond acceptors (Lipinski definition) is 4. The molecule has 0 aliphatic heterocycles. The second-order valence-electron chi connectivity index (χ2n) is 6.56. The van der Waals surface area contributed by atoms with Gasteiger partial charge in [0.2, 0.25) is 5.95 Å². The summed E-state index contributed by atoms with van der Waals surface area (Å²) in [5.41, 5.74) is 4.54. The van der Waals surface area contributed by atoms with Gasteiger partial charge in [-0.3, -0.25) is 0 Å². The van der Waals surface area contributed by atoms with Crippen LogP contribution in [0.1, 0.15) is 31.4 Å². The highest BCUT2D eigenvalue weighted by Crippen LogP contribution is 2.22. The minimum atomic E-state index is 0.324. The lowest BCUT2D eigenvalue weighted by atomic mass is 10.1. The van der Waals surface area contributed by atoms with E-state index >= 15 is 0 Å². The van der Waals surface area contributed by atoms with Crippen LogP contribution >= 0.6 is 0 Å². The average molecular weight is 346 g/mol. The van der Waals surface area contributed by atoms with Crippen LogP contribution in [0.2, 0.25) is 0 Å². The van der Waals surface area contributed by atoms with Crippen molar-refractivity contribution in [3.05, 3.63) is 71.8 Å². The SMILES string of the molecule is CC[C@@H](C)Nc1nc(NCc2ccccc2C)cc(-c2ccccc2)n1. The second kappa shape index (κ2) is 8.48. The van der Waals surface area contributed by atoms with E-state index in [0.717, 1.165) is 30.0 Å². The monoisotopic (exact) mass is 346 g/mol. The number of aromatic nitrogens is 2. The van der Waals surface area contributed by atoms with E-state index in [-0.39, 0.29) is 0 Å². The van der Waals surface area contributed by atoms with Gasteiger partial charge >= 0.3 is 0 Å². The molecule has 3 rings (SSSR count). The Morgan fingerprint density at radius 2 is 1.69 bits per heavy atom. The van der Waals surface area contributed by atoms with Crippen molar-refractivity contribution in [2.45, 2.75) is 39.8 Å². The molecule has 4 nitrogen and oxygen atoms in total. The van der Waals surface area contributed by atoms with Gasteiger partial charge in [0.1, 0.15) is 5.82 Å². The van der Waals surface area contributed by atoms with Gasteiger partial charge in [-0.1, -0.05) is 61.5 Å². The summed E-state index contributed by atoms with van der Waals surface area (Å²) >= 11 is 0. The molecule has 3 aromatic rings. The van der Waals surface area contributed by atoms with E-state index < -0.39 is 0 Å². The zero-order valence-electron chi connectivity index (χ0n) is 15.7. The summed E-state index contributed by atoms with van der Waals surface area (Å²) in [6.45, 7) is 7.15. The van der Waals surface area contributed by atoms with Gasteiger partial charge in [-0.15, -0.1) is 0 Å². The van der Waals surface area contributed by atoms with Crippen molar-refractivity contribution in [3.63, 3.8) is 0 Å². The van der Waals surface area contributed by atoms with Crippen molar-refractivity contribution in [1.29, 1.82) is 0 Å². The Labute approximate surface area is 155 Å². The van der Waals surface area contributed by atoms with Crippen molar-refractivity contribution in [2.75, 3.05) is 10.6 Å². The van der Waals surface area contributed by atoms with Crippen LogP contribution in [0.5, 0.6) is 0 Å². The molecule has 2 N–H and O–H groups in total. The van der Waals surface area contributed by atoms with Gasteiger partial charge in [0, 0.05) is 24.2 Å². The first kappa shape index (κ1) is 17.9. The Kier molecular flexibility index (Phi) is 5.84. The molecule has 0 radical (unpaired) electrons. The van der Waals surface area contributed by atoms with E-state index in [1.54, 1.807) is 0 Å². The summed E-state index contributed by atoms with van der Waals surface area (Å²) in [6, 6.07) is 20.9. The highest BCUT2D eigenvalue weighted by molar-refractivity contribution is 5.64. The Balaban J connectivity index is 1.88. The molecule has 0 saturated carbocycles. The fraction of sp³-hybridized carbons (Fsp3) is 0.273. The van der Waals surface area contributed by atoms with Crippen molar-refractivity contribution in [2.24, 2.45) is 0 Å². The maximum Gasteiger partial charge on any atom is 0.225 e. The van der Waals surface area contributed by atoms with Gasteiger partial charge in [-0.2, -0.15) is 4.98 Å². The Hall–Kier alpha value is -2.88. The third-order valence-electron chi connectivity index (χ3n) is 4.50. The summed E-state index contributed by atoms with van der Waals surface area (Å²) in [5.74, 6) is 1.49. The molecular weight excluding hydrogens is 320 g/mol. The van der Waals surface area contributed by atoms with Crippen molar-refractivity contribution < 1.29 is 0 Å². The van der Waals surface area contributed by atoms with E-state index in [1.807, 2.05) is 24.3 Å². The molecule has 0 aliphatic rings. The summed E-state index contributed by atoms with van der Waals surface area (Å²) in [5, 5.41) is 6.84. The number of benzene rings is 2. The molecule has 134 valence electrons. The molecule has 0 fully saturated rings. The molecule has 0 unspecified atom stereocenters. The molecule has 0 saturated heterocycles. The summed E-state index contributed by atoms with van der Waals surface area (Å²) in [7, 11) is 0. The van der Waals surface area contributed by atoms with Crippen LogP contribution in [0.4, 0.5) is 11.8 Å². The number of nitrogens with one attached hydrogen (secondary N) is 2. The quantitative estimate of drug-likeness (QED) is 0.611. The van der Waals surface area contributed by atoms with Crippen LogP contribution in [0.15, 0.2) is 60.7 Å². The minimum absolute atomic E-state index is 0.324. The maximum atomic E-state index is 4.70. The predicted octanol–water partition coefficient (Wildman–Crippen LogP) is 5.27. The molecular formula is C22H26N4. The largest absolute Gasteiger partial charge is 0.366 e. The number of aryl methyl sites for hydroxylation is 1. The number of rotatable bonds is 7. The van der Waals surface area contributed by atoms with Gasteiger partial charge in [0.25, 0.3) is 0 Å². The van der Waals surface area contributed by atoms with Crippen LogP contribution < -0.4 is 10.6 Å². The van der Waals surface area contributed by atoms with Gasteiger partial charge < -0.3 is 10.6 Å². The average Bonchev–Trinajstić information content (AvgIpc) is 2.68. The van der Waals surface area contributed by atoms with Gasteiger partial charge in [-0.05, 0) is 31.4 Å². The molecule has 4 heteroatoms. The highest BCUT2D eigenvalue weighted by Gasteiger charge is 2.09. The standard InChI is InChI=1S/C22H26N4/c1-4-17(3)24-22-25-20(18-11-6-5-7-12-18)14-21(26-22)23-15-19-13-9-8-10-16(19)2/h5-14,17H,4,15H2,1-3H3,(H2,23,24,25,26)/t17-/m1/s1. The summed E-state index contributed by atoms with van der Waals surface area (Å²) < 4.78 is 0. The van der Waals surface area contributed by atoms with E-state index in [1.165, 1.54) is 11.1 Å². The van der Waals surface area contributed by atoms with Crippen LogP contribution in [0.3, 0.4) is 0 Å². The number of anilines is 2. The highest BCUT2D eigenvalue weighted by atomic mass is 15.2. The smallest absolute Gasteiger partial charge is 0.225 e. The fourth-order valence-electron chi connectivity index (χ4n) is 2.68. The number of nitrogens with zero attached hydrogens (tertiary/aromatic N) is 2. The molecule has 0 bridgehead atoms. The van der Waals surface area contributed by atoms with Gasteiger partial charge in [-0.25, -0.2) is 4.98 Å². The third-order valence-corrected chi connectivity index (χ3v) is 4.50. The molecule has 1 aromatic heterocycles. The lowest BCUT2D eigenvalue weighted by molar-refractivity contribution is 0.753. The predicted molar refractivity (Wildman–Crippen MR) is 109 cm³/mol. The summed E-state index contributed by atoms with van der Waals surface area (Å²) in [4.78, 5) is 9.36. The van der Waals surface area contributed by atoms with Gasteiger partial charge in [0.15, 0.2) is 0 Å². The van der Waals surface area contributed by atoms with Crippen molar-refractivity contribution >= 4 is 11.8 Å². The molecule has 1 heterocycles. The van der Waals surface area contributed by atoms with E-state index in [4.69, 9.17) is 4.98 Å². The molecule has 0 aliphatic carbocycles. The van der Waals surface area contributed by atoms with Crippen LogP contribution in [0.25, 0.3) is 11.3 Å². The molecule has 0 spiro atoms. The molecule has 26 heavy (non-hydrogen) atoms. The van der Waals surface area contributed by atoms with E-state index in [2.05, 4.69) is 72.8 Å². The minimum Gasteiger partial charge on any atom is -0.366 e. The zero-order valence-corrected chi connectivity index (χ0v) is 15.7. The normalized spacial score (nSPS) is 11.8. The van der Waals surface area contributed by atoms with E-state index in [9.17, 15) is 0 Å². The Bertz CT molecular complexity index is 846. The van der Waals surface area contributed by atoms with Gasteiger partial charge in [0.05, 0.1) is 5.69 Å². The molecule has 0 amide bonds. The Morgan fingerprint density at radius 3 is 2.42 bits per heavy atom. The number of hydrogen-bond donors (Lipinski definition) is 2. The van der Waals surface area contributed by atoms with E-state index in [0.29, 0.717) is 12.0 Å². The third kappa shape index (κ3) is 4.60. The molecule has 1 atom stereocenters. The molecule has 2 aromatic carbocycles. The first-order valence-electron chi connectivity index (χ1n) is 9.15. The Morgan fingerprint density at radius 1 is 0.962 bits per heavy atom. The topological polar surface area (TPSA) is 49.8 Å². The van der Waals surface area contributed by atoms with Crippen LogP contribution in [-0.4, -0.2) is 16.0 Å².